The Labute approximate surface area is 148 Å². The molecule has 0 radical (unpaired) electrons. The van der Waals surface area contributed by atoms with Crippen LogP contribution in [0.1, 0.15) is 6.92 Å². The summed E-state index contributed by atoms with van der Waals surface area (Å²) in [5.74, 6) is -0.542. The van der Waals surface area contributed by atoms with Crippen LogP contribution in [0, 0.1) is 0 Å². The Morgan fingerprint density at radius 3 is 2.12 bits per heavy atom. The number of nitrogens with one attached hydrogen (secondary N) is 1. The number of carbonyl (C=O) groups is 1. The quantitative estimate of drug-likeness (QED) is 0.226. The van der Waals surface area contributed by atoms with Crippen LogP contribution in [0.4, 0.5) is 0 Å². The molecule has 2 saturated heterocycles. The third-order valence-corrected chi connectivity index (χ3v) is 4.36. The van der Waals surface area contributed by atoms with Gasteiger partial charge in [0.1, 0.15) is 48.8 Å². The molecule has 12 heteroatoms. The fourth-order valence-electron chi connectivity index (χ4n) is 2.87. The number of rotatable bonds is 5. The highest BCUT2D eigenvalue weighted by atomic mass is 16.7. The van der Waals surface area contributed by atoms with Gasteiger partial charge in [-0.3, -0.25) is 4.79 Å². The molecule has 2 rings (SSSR count). The van der Waals surface area contributed by atoms with Gasteiger partial charge in [-0.05, 0) is 0 Å². The Kier molecular flexibility index (Phi) is 7.27. The van der Waals surface area contributed by atoms with Gasteiger partial charge in [-0.2, -0.15) is 0 Å². The second-order valence-electron chi connectivity index (χ2n) is 6.30. The normalized spacial score (nSPS) is 46.8. The molecule has 0 aromatic rings. The van der Waals surface area contributed by atoms with E-state index in [0.29, 0.717) is 0 Å². The van der Waals surface area contributed by atoms with Crippen LogP contribution in [0.3, 0.4) is 0 Å². The van der Waals surface area contributed by atoms with Gasteiger partial charge in [-0.1, -0.05) is 0 Å². The molecule has 12 nitrogen and oxygen atoms in total. The molecule has 26 heavy (non-hydrogen) atoms. The first-order chi connectivity index (χ1) is 12.2. The van der Waals surface area contributed by atoms with E-state index in [-0.39, 0.29) is 0 Å². The van der Waals surface area contributed by atoms with Gasteiger partial charge in [-0.15, -0.1) is 0 Å². The highest BCUT2D eigenvalue weighted by Crippen LogP contribution is 2.24. The zero-order valence-electron chi connectivity index (χ0n) is 14.0. The van der Waals surface area contributed by atoms with Crippen LogP contribution >= 0.6 is 0 Å². The summed E-state index contributed by atoms with van der Waals surface area (Å²) in [4.78, 5) is 11.1. The lowest BCUT2D eigenvalue weighted by Crippen LogP contribution is -2.64. The summed E-state index contributed by atoms with van der Waals surface area (Å²) in [5.41, 5.74) is 0. The second kappa shape index (κ2) is 8.84. The van der Waals surface area contributed by atoms with Crippen molar-refractivity contribution in [2.45, 2.75) is 68.3 Å². The molecule has 152 valence electrons. The lowest BCUT2D eigenvalue weighted by Gasteiger charge is -2.42. The van der Waals surface area contributed by atoms with Crippen molar-refractivity contribution in [3.8, 4) is 0 Å². The molecule has 0 aliphatic carbocycles. The molecular formula is C14H25NO11. The van der Waals surface area contributed by atoms with Crippen LogP contribution in [-0.2, 0) is 19.0 Å². The molecule has 2 heterocycles. The Bertz CT molecular complexity index is 478. The molecule has 0 spiro atoms. The van der Waals surface area contributed by atoms with E-state index in [1.165, 1.54) is 6.92 Å². The number of amides is 1. The molecule has 2 aliphatic rings. The lowest BCUT2D eigenvalue weighted by atomic mass is 9.97. The minimum Gasteiger partial charge on any atom is -0.394 e. The summed E-state index contributed by atoms with van der Waals surface area (Å²) < 4.78 is 15.5. The second-order valence-corrected chi connectivity index (χ2v) is 6.30. The van der Waals surface area contributed by atoms with Crippen molar-refractivity contribution in [2.24, 2.45) is 0 Å². The van der Waals surface area contributed by atoms with Crippen molar-refractivity contribution in [2.75, 3.05) is 13.2 Å². The molecule has 0 aromatic heterocycles. The first-order valence-electron chi connectivity index (χ1n) is 8.06. The predicted molar refractivity (Wildman–Crippen MR) is 80.2 cm³/mol. The van der Waals surface area contributed by atoms with E-state index in [9.17, 15) is 35.4 Å². The van der Waals surface area contributed by atoms with Crippen molar-refractivity contribution >= 4 is 5.91 Å². The number of hydrogen-bond donors (Lipinski definition) is 8. The molecule has 0 bridgehead atoms. The van der Waals surface area contributed by atoms with Crippen LogP contribution < -0.4 is 5.32 Å². The Balaban J connectivity index is 1.95. The van der Waals surface area contributed by atoms with Crippen molar-refractivity contribution in [1.29, 1.82) is 0 Å². The molecule has 0 aromatic carbocycles. The maximum atomic E-state index is 11.1. The summed E-state index contributed by atoms with van der Waals surface area (Å²) in [6.45, 7) is 0.0636. The van der Waals surface area contributed by atoms with Crippen LogP contribution in [0.15, 0.2) is 0 Å². The van der Waals surface area contributed by atoms with E-state index in [1.807, 2.05) is 0 Å². The number of aliphatic hydroxyl groups is 7. The van der Waals surface area contributed by atoms with Crippen LogP contribution in [0.2, 0.25) is 0 Å². The van der Waals surface area contributed by atoms with Gasteiger partial charge in [0.25, 0.3) is 0 Å². The molecular weight excluding hydrogens is 358 g/mol. The number of aliphatic hydroxyl groups excluding tert-OH is 7. The van der Waals surface area contributed by atoms with E-state index in [1.54, 1.807) is 0 Å². The molecule has 10 atom stereocenters. The SMILES string of the molecule is CC(=O)N[C@@H]1[C@@H](O)[C@H](O)[C@@H](CO[C@H]2O[C@H](CO)[C@H](O)[C@H](O)[C@H]2O)O[C@H]1O. The zero-order chi connectivity index (χ0) is 19.6. The van der Waals surface area contributed by atoms with Crippen molar-refractivity contribution in [3.63, 3.8) is 0 Å². The van der Waals surface area contributed by atoms with Gasteiger partial charge in [-0.25, -0.2) is 0 Å². The summed E-state index contributed by atoms with van der Waals surface area (Å²) in [7, 11) is 0. The zero-order valence-corrected chi connectivity index (χ0v) is 14.0. The monoisotopic (exact) mass is 383 g/mol. The van der Waals surface area contributed by atoms with Crippen LogP contribution in [0.5, 0.6) is 0 Å². The van der Waals surface area contributed by atoms with Gasteiger partial charge < -0.3 is 55.3 Å². The highest BCUT2D eigenvalue weighted by Gasteiger charge is 2.47. The van der Waals surface area contributed by atoms with Gasteiger partial charge in [0.05, 0.1) is 13.2 Å². The topological polar surface area (TPSA) is 198 Å². The third-order valence-electron chi connectivity index (χ3n) is 4.36. The standard InChI is InChI=1S/C14H25NO11/c1-4(17)15-7-10(20)9(19)6(25-13(7)23)3-24-14-12(22)11(21)8(18)5(2-16)26-14/h5-14,16,18-23H,2-3H2,1H3,(H,15,17)/t5-,6-,7-,8+,9-,10-,11+,12-,13-,14+/m1/s1. The predicted octanol–water partition coefficient (Wildman–Crippen LogP) is -5.25. The highest BCUT2D eigenvalue weighted by molar-refractivity contribution is 5.73. The Morgan fingerprint density at radius 1 is 0.923 bits per heavy atom. The minimum atomic E-state index is -1.64. The fourth-order valence-corrected chi connectivity index (χ4v) is 2.87. The minimum absolute atomic E-state index is 0.467. The maximum absolute atomic E-state index is 11.1. The van der Waals surface area contributed by atoms with E-state index < -0.39 is 80.5 Å². The molecule has 0 unspecified atom stereocenters. The Hall–Kier alpha value is -0.930. The summed E-state index contributed by atoms with van der Waals surface area (Å²) in [6, 6.07) is -1.24. The van der Waals surface area contributed by atoms with Crippen molar-refractivity contribution in [1.82, 2.24) is 5.32 Å². The van der Waals surface area contributed by atoms with Crippen molar-refractivity contribution in [3.05, 3.63) is 0 Å². The van der Waals surface area contributed by atoms with E-state index in [2.05, 4.69) is 5.32 Å². The van der Waals surface area contributed by atoms with Crippen LogP contribution in [-0.4, -0.2) is 116 Å². The van der Waals surface area contributed by atoms with Gasteiger partial charge in [0.15, 0.2) is 12.6 Å². The van der Waals surface area contributed by atoms with Crippen molar-refractivity contribution < 1.29 is 54.8 Å². The summed E-state index contributed by atoms with van der Waals surface area (Å²) >= 11 is 0. The molecule has 0 saturated carbocycles. The van der Waals surface area contributed by atoms with E-state index >= 15 is 0 Å². The largest absolute Gasteiger partial charge is 0.394 e. The number of hydrogen-bond acceptors (Lipinski definition) is 11. The van der Waals surface area contributed by atoms with E-state index in [4.69, 9.17) is 19.3 Å². The average Bonchev–Trinajstić information content (AvgIpc) is 2.59. The summed E-state index contributed by atoms with van der Waals surface area (Å²) in [5, 5.41) is 70.6. The Morgan fingerprint density at radius 2 is 1.54 bits per heavy atom. The van der Waals surface area contributed by atoms with Crippen LogP contribution in [0.25, 0.3) is 0 Å². The maximum Gasteiger partial charge on any atom is 0.217 e. The first kappa shape index (κ1) is 21.4. The molecule has 2 aliphatic heterocycles. The third kappa shape index (κ3) is 4.48. The fraction of sp³-hybridized carbons (Fsp3) is 0.929. The molecule has 8 N–H and O–H groups in total. The molecule has 1 amide bonds. The lowest BCUT2D eigenvalue weighted by molar-refractivity contribution is -0.318. The van der Waals surface area contributed by atoms with E-state index in [0.717, 1.165) is 0 Å². The van der Waals surface area contributed by atoms with Gasteiger partial charge in [0.2, 0.25) is 5.91 Å². The smallest absolute Gasteiger partial charge is 0.217 e. The first-order valence-corrected chi connectivity index (χ1v) is 8.06. The average molecular weight is 383 g/mol. The number of ether oxygens (including phenoxy) is 3. The number of carbonyl (C=O) groups excluding carboxylic acids is 1. The van der Waals surface area contributed by atoms with Gasteiger partial charge >= 0.3 is 0 Å². The summed E-state index contributed by atoms with van der Waals surface area (Å²) in [6.07, 6.45) is -13.4. The van der Waals surface area contributed by atoms with Gasteiger partial charge in [0, 0.05) is 6.92 Å². The molecule has 2 fully saturated rings.